The molecule has 1 atom stereocenters. The highest BCUT2D eigenvalue weighted by atomic mass is 16.5. The number of amides is 1. The number of esters is 1. The van der Waals surface area contributed by atoms with Gasteiger partial charge in [-0.25, -0.2) is 0 Å². The van der Waals surface area contributed by atoms with Gasteiger partial charge in [-0.05, 0) is 108 Å². The standard InChI is InChI=1S/C43H52N5O3/c1-9-13-15-29-25(5)33-21-37-30(16-14-10-2)26(6)34-23-40-32(18-20-42(50)51-12-4)28(8)36-24-39-31(17-19-41(49)44-11-3)27(7)35-22-38(29)45(33)43(46(34)37,47(35)39)48(36)40/h21-24H,9-20H2,1-8H3/q+1/p+1. The van der Waals surface area contributed by atoms with Gasteiger partial charge in [0.1, 0.15) is 0 Å². The molecule has 0 saturated heterocycles. The number of unbranched alkanes of at least 4 members (excludes halogenated alkanes) is 2. The number of nitrogens with one attached hydrogen (secondary N) is 1. The van der Waals surface area contributed by atoms with E-state index < -0.39 is 5.91 Å². The highest BCUT2D eigenvalue weighted by Gasteiger charge is 2.73. The van der Waals surface area contributed by atoms with Crippen LogP contribution in [0.5, 0.6) is 0 Å². The van der Waals surface area contributed by atoms with Gasteiger partial charge in [0.2, 0.25) is 28.7 Å². The van der Waals surface area contributed by atoms with Gasteiger partial charge in [-0.15, -0.1) is 0 Å². The van der Waals surface area contributed by atoms with Crippen molar-refractivity contribution in [3.8, 4) is 0 Å². The number of aromatic nitrogens is 2. The first-order valence-electron chi connectivity index (χ1n) is 19.4. The zero-order valence-electron chi connectivity index (χ0n) is 31.8. The van der Waals surface area contributed by atoms with Crippen LogP contribution in [0.1, 0.15) is 127 Å². The molecule has 6 aliphatic rings. The number of ether oxygens (including phenoxy) is 1. The lowest BCUT2D eigenvalue weighted by molar-refractivity contribution is -0.837. The number of carbonyl (C=O) groups is 2. The van der Waals surface area contributed by atoms with E-state index in [0.29, 0.717) is 38.8 Å². The van der Waals surface area contributed by atoms with Crippen LogP contribution < -0.4 is 16.0 Å². The van der Waals surface area contributed by atoms with E-state index >= 15 is 0 Å². The van der Waals surface area contributed by atoms with Crippen molar-refractivity contribution in [2.45, 2.75) is 126 Å². The van der Waals surface area contributed by atoms with Gasteiger partial charge < -0.3 is 10.1 Å². The third kappa shape index (κ3) is 4.43. The maximum atomic E-state index is 12.9. The predicted octanol–water partition coefficient (Wildman–Crippen LogP) is 5.72. The third-order valence-electron chi connectivity index (χ3n) is 12.2. The number of nitrogens with zero attached hydrogens (tertiary/aromatic N) is 4. The van der Waals surface area contributed by atoms with Crippen molar-refractivity contribution in [1.82, 2.24) is 14.5 Å². The molecule has 6 aliphatic heterocycles. The SMILES string of the molecule is CCCCC1=C(C)C2=[N+]3C1=Cc1c(C)c(CCC(=O)NCC)c4n1C31n3c(c(C)c(CCC(=O)OCC)c3=CC3=[N+]1C(=C2)C(CCCC)=C3C)=C4. The van der Waals surface area contributed by atoms with Crippen molar-refractivity contribution in [1.29, 1.82) is 0 Å². The summed E-state index contributed by atoms with van der Waals surface area (Å²) in [6, 6.07) is 0. The Bertz CT molecular complexity index is 2280. The van der Waals surface area contributed by atoms with Crippen LogP contribution in [0.4, 0.5) is 0 Å². The Morgan fingerprint density at radius 1 is 0.706 bits per heavy atom. The summed E-state index contributed by atoms with van der Waals surface area (Å²) in [7, 11) is 0. The van der Waals surface area contributed by atoms with E-state index in [1.165, 1.54) is 89.4 Å². The average molecular weight is 688 g/mol. The van der Waals surface area contributed by atoms with Gasteiger partial charge in [-0.3, -0.25) is 9.59 Å². The topological polar surface area (TPSA) is 71.3 Å². The lowest BCUT2D eigenvalue weighted by Gasteiger charge is -2.38. The molecule has 0 aliphatic carbocycles. The number of hydrogen-bond donors (Lipinski definition) is 1. The third-order valence-corrected chi connectivity index (χ3v) is 12.2. The molecular weight excluding hydrogens is 635 g/mol. The van der Waals surface area contributed by atoms with E-state index in [4.69, 9.17) is 4.74 Å². The summed E-state index contributed by atoms with van der Waals surface area (Å²) < 4.78 is 15.9. The Balaban J connectivity index is 1.49. The molecule has 1 amide bonds. The molecule has 1 spiro atoms. The molecule has 0 bridgehead atoms. The number of allylic oxidation sites excluding steroid dienone is 5. The molecule has 0 radical (unpaired) electrons. The highest BCUT2D eigenvalue weighted by molar-refractivity contribution is 6.20. The molecule has 8 rings (SSSR count). The first-order valence-corrected chi connectivity index (χ1v) is 19.4. The normalized spacial score (nSPS) is 20.0. The molecule has 8 heterocycles. The van der Waals surface area contributed by atoms with E-state index in [9.17, 15) is 9.59 Å². The van der Waals surface area contributed by atoms with Crippen LogP contribution in [0.2, 0.25) is 0 Å². The fourth-order valence-corrected chi connectivity index (χ4v) is 9.78. The summed E-state index contributed by atoms with van der Waals surface area (Å²) in [6.45, 7) is 18.6. The Hall–Kier alpha value is -4.46. The fraction of sp³-hybridized carbons (Fsp3) is 0.488. The monoisotopic (exact) mass is 687 g/mol. The van der Waals surface area contributed by atoms with Crippen molar-refractivity contribution in [3.63, 3.8) is 0 Å². The van der Waals surface area contributed by atoms with E-state index in [1.54, 1.807) is 0 Å². The molecular formula is C43H53N5O3+2. The second kappa shape index (κ2) is 12.3. The predicted molar refractivity (Wildman–Crippen MR) is 202 cm³/mol. The molecule has 8 heteroatoms. The molecule has 8 nitrogen and oxygen atoms in total. The van der Waals surface area contributed by atoms with Crippen LogP contribution in [-0.4, -0.2) is 54.7 Å². The van der Waals surface area contributed by atoms with Crippen LogP contribution >= 0.6 is 0 Å². The molecule has 1 N–H and O–H groups in total. The molecule has 2 aromatic rings. The van der Waals surface area contributed by atoms with Crippen molar-refractivity contribution in [2.75, 3.05) is 13.2 Å². The molecule has 1 unspecified atom stereocenters. The van der Waals surface area contributed by atoms with Crippen LogP contribution in [0, 0.1) is 13.8 Å². The van der Waals surface area contributed by atoms with Gasteiger partial charge >= 0.3 is 11.9 Å². The lowest BCUT2D eigenvalue weighted by atomic mass is 9.96. The van der Waals surface area contributed by atoms with E-state index in [1.807, 2.05) is 13.8 Å². The molecule has 51 heavy (non-hydrogen) atoms. The molecule has 0 saturated carbocycles. The van der Waals surface area contributed by atoms with E-state index in [2.05, 4.69) is 89.4 Å². The number of rotatable bonds is 14. The summed E-state index contributed by atoms with van der Waals surface area (Å²) >= 11 is 0. The van der Waals surface area contributed by atoms with Crippen molar-refractivity contribution in [3.05, 3.63) is 84.1 Å². The Morgan fingerprint density at radius 3 is 1.96 bits per heavy atom. The maximum Gasteiger partial charge on any atom is 0.553 e. The Morgan fingerprint density at radius 2 is 1.33 bits per heavy atom. The van der Waals surface area contributed by atoms with E-state index in [0.717, 1.165) is 38.5 Å². The smallest absolute Gasteiger partial charge is 0.466 e. The zero-order valence-corrected chi connectivity index (χ0v) is 31.8. The Labute approximate surface area is 301 Å². The van der Waals surface area contributed by atoms with Crippen LogP contribution in [-0.2, 0) is 33.1 Å². The minimum Gasteiger partial charge on any atom is -0.466 e. The van der Waals surface area contributed by atoms with Gasteiger partial charge in [-0.2, -0.15) is 9.13 Å². The fourth-order valence-electron chi connectivity index (χ4n) is 9.78. The number of hydrogen-bond acceptors (Lipinski definition) is 3. The summed E-state index contributed by atoms with van der Waals surface area (Å²) in [5, 5.41) is 5.38. The first-order chi connectivity index (χ1) is 24.6. The summed E-state index contributed by atoms with van der Waals surface area (Å²) in [5.74, 6) is -0.826. The van der Waals surface area contributed by atoms with Gasteiger partial charge in [0.05, 0.1) is 34.8 Å². The van der Waals surface area contributed by atoms with Crippen molar-refractivity contribution >= 4 is 41.5 Å². The minimum absolute atomic E-state index is 0.0889. The average Bonchev–Trinajstić information content (AvgIpc) is 3.75. The summed E-state index contributed by atoms with van der Waals surface area (Å²) in [4.78, 5) is 25.7. The van der Waals surface area contributed by atoms with Gasteiger partial charge in [0.15, 0.2) is 0 Å². The maximum absolute atomic E-state index is 12.9. The molecule has 0 aromatic carbocycles. The van der Waals surface area contributed by atoms with Crippen LogP contribution in [0.25, 0.3) is 18.2 Å². The van der Waals surface area contributed by atoms with Crippen LogP contribution in [0.3, 0.4) is 0 Å². The molecule has 2 aromatic heterocycles. The van der Waals surface area contributed by atoms with Crippen LogP contribution in [0.15, 0.2) is 39.8 Å². The van der Waals surface area contributed by atoms with Gasteiger partial charge in [0.25, 0.3) is 0 Å². The second-order valence-electron chi connectivity index (χ2n) is 15.0. The van der Waals surface area contributed by atoms with Gasteiger partial charge in [-0.1, -0.05) is 35.8 Å². The summed E-state index contributed by atoms with van der Waals surface area (Å²) in [5.41, 5.74) is 18.0. The van der Waals surface area contributed by atoms with E-state index in [-0.39, 0.29) is 11.9 Å². The number of carbonyl (C=O) groups excluding carboxylic acids is 2. The first kappa shape index (κ1) is 33.7. The largest absolute Gasteiger partial charge is 0.553 e. The zero-order chi connectivity index (χ0) is 35.9. The Kier molecular flexibility index (Phi) is 8.15. The molecule has 0 fully saturated rings. The van der Waals surface area contributed by atoms with Crippen molar-refractivity contribution in [2.24, 2.45) is 0 Å². The van der Waals surface area contributed by atoms with Gasteiger partial charge in [0, 0.05) is 53.8 Å². The minimum atomic E-state index is -0.760. The molecule has 266 valence electrons. The summed E-state index contributed by atoms with van der Waals surface area (Å²) in [6.07, 6.45) is 18.4. The van der Waals surface area contributed by atoms with Crippen molar-refractivity contribution < 1.29 is 23.5 Å². The quantitative estimate of drug-likeness (QED) is 0.204. The second-order valence-corrected chi connectivity index (χ2v) is 15.0. The lowest BCUT2D eigenvalue weighted by Crippen LogP contribution is -2.70. The highest BCUT2D eigenvalue weighted by Crippen LogP contribution is 2.51.